The van der Waals surface area contributed by atoms with Gasteiger partial charge < -0.3 is 14.2 Å². The molecule has 0 aliphatic carbocycles. The Morgan fingerprint density at radius 3 is 1.50 bits per heavy atom. The van der Waals surface area contributed by atoms with Gasteiger partial charge in [0, 0.05) is 12.3 Å². The molecule has 4 unspecified atom stereocenters. The minimum atomic E-state index is -0.000678. The fourth-order valence-corrected chi connectivity index (χ4v) is 6.44. The molecule has 2 fully saturated rings. The van der Waals surface area contributed by atoms with E-state index in [1.165, 1.54) is 141 Å². The van der Waals surface area contributed by atoms with E-state index in [-0.39, 0.29) is 5.97 Å². The predicted octanol–water partition coefficient (Wildman–Crippen LogP) is 10.9. The van der Waals surface area contributed by atoms with E-state index in [0.717, 1.165) is 19.3 Å². The lowest BCUT2D eigenvalue weighted by Crippen LogP contribution is -2.19. The number of unbranched alkanes of at least 4 members (excludes halogenated alkanes) is 18. The van der Waals surface area contributed by atoms with Crippen molar-refractivity contribution >= 4 is 5.97 Å². The molecule has 2 aliphatic heterocycles. The monoisotopic (exact) mass is 565 g/mol. The van der Waals surface area contributed by atoms with Crippen LogP contribution in [0.15, 0.2) is 0 Å². The maximum absolute atomic E-state index is 12.1. The normalized spacial score (nSPS) is 22.4. The Labute approximate surface area is 249 Å². The molecule has 0 amide bonds. The predicted molar refractivity (Wildman–Crippen MR) is 169 cm³/mol. The summed E-state index contributed by atoms with van der Waals surface area (Å²) in [6, 6.07) is 0. The third kappa shape index (κ3) is 17.4. The molecule has 2 heterocycles. The van der Waals surface area contributed by atoms with E-state index in [0.29, 0.717) is 43.4 Å². The Bertz CT molecular complexity index is 563. The molecule has 0 aromatic heterocycles. The highest BCUT2D eigenvalue weighted by Gasteiger charge is 2.54. The van der Waals surface area contributed by atoms with Crippen LogP contribution < -0.4 is 0 Å². The number of epoxide rings is 2. The quantitative estimate of drug-likeness (QED) is 0.0494. The van der Waals surface area contributed by atoms with Crippen LogP contribution in [0.1, 0.15) is 188 Å². The molecule has 0 N–H and O–H groups in total. The number of esters is 1. The highest BCUT2D eigenvalue weighted by atomic mass is 16.6. The smallest absolute Gasteiger partial charge is 0.305 e. The summed E-state index contributed by atoms with van der Waals surface area (Å²) in [4.78, 5) is 12.1. The molecule has 0 aromatic carbocycles. The molecule has 4 nitrogen and oxygen atoms in total. The lowest BCUT2D eigenvalue weighted by atomic mass is 9.89. The topological polar surface area (TPSA) is 51.4 Å². The van der Waals surface area contributed by atoms with E-state index in [9.17, 15) is 4.79 Å². The van der Waals surface area contributed by atoms with Crippen LogP contribution in [-0.4, -0.2) is 37.0 Å². The lowest BCUT2D eigenvalue weighted by Gasteiger charge is -2.13. The number of hydrogen-bond donors (Lipinski definition) is 0. The molecule has 0 bridgehead atoms. The second-order valence-electron chi connectivity index (χ2n) is 13.0. The molecule has 40 heavy (non-hydrogen) atoms. The highest BCUT2D eigenvalue weighted by molar-refractivity contribution is 5.69. The Kier molecular flexibility index (Phi) is 21.3. The molecule has 0 aromatic rings. The van der Waals surface area contributed by atoms with Gasteiger partial charge in [-0.25, -0.2) is 0 Å². The average Bonchev–Trinajstić information content (AvgIpc) is 3.89. The van der Waals surface area contributed by atoms with Crippen LogP contribution >= 0.6 is 0 Å². The molecule has 4 heteroatoms. The molecule has 0 radical (unpaired) electrons. The molecular formula is C36H68O4. The standard InChI is InChI=1S/C36H68O4/c1-4-7-10-13-16-22-27-32-35(39-32)31(36-33(40-36)28-23-17-14-11-8-5-2)26-21-18-19-24-29-34(37)38-30-25-20-15-12-9-6-3/h31-33,35-36H,4-30H2,1-3H3. The van der Waals surface area contributed by atoms with Crippen LogP contribution in [0.2, 0.25) is 0 Å². The van der Waals surface area contributed by atoms with Gasteiger partial charge in [0.2, 0.25) is 0 Å². The number of carbonyl (C=O) groups is 1. The van der Waals surface area contributed by atoms with Gasteiger partial charge in [-0.3, -0.25) is 4.79 Å². The van der Waals surface area contributed by atoms with Crippen LogP contribution in [0.5, 0.6) is 0 Å². The third-order valence-electron chi connectivity index (χ3n) is 9.20. The second kappa shape index (κ2) is 23.9. The Morgan fingerprint density at radius 1 is 0.550 bits per heavy atom. The van der Waals surface area contributed by atoms with Crippen molar-refractivity contribution in [3.05, 3.63) is 0 Å². The van der Waals surface area contributed by atoms with Crippen LogP contribution in [0, 0.1) is 5.92 Å². The summed E-state index contributed by atoms with van der Waals surface area (Å²) in [5, 5.41) is 0. The zero-order chi connectivity index (χ0) is 28.7. The van der Waals surface area contributed by atoms with Crippen molar-refractivity contribution in [2.75, 3.05) is 6.61 Å². The summed E-state index contributed by atoms with van der Waals surface area (Å²) in [7, 11) is 0. The fraction of sp³-hybridized carbons (Fsp3) is 0.972. The van der Waals surface area contributed by atoms with Crippen molar-refractivity contribution < 1.29 is 19.0 Å². The van der Waals surface area contributed by atoms with Gasteiger partial charge in [0.15, 0.2) is 0 Å². The van der Waals surface area contributed by atoms with Gasteiger partial charge in [-0.05, 0) is 32.1 Å². The minimum Gasteiger partial charge on any atom is -0.466 e. The Morgan fingerprint density at radius 2 is 0.975 bits per heavy atom. The van der Waals surface area contributed by atoms with Gasteiger partial charge in [0.05, 0.1) is 31.0 Å². The SMILES string of the molecule is CCCCCCCCOC(=O)CCCCCCC(C1OC1CCCCCCCC)C1OC1CCCCCCCC. The van der Waals surface area contributed by atoms with E-state index < -0.39 is 0 Å². The number of rotatable bonds is 30. The van der Waals surface area contributed by atoms with Crippen LogP contribution in [0.3, 0.4) is 0 Å². The first-order valence-electron chi connectivity index (χ1n) is 18.2. The summed E-state index contributed by atoms with van der Waals surface area (Å²) >= 11 is 0. The molecule has 2 rings (SSSR count). The fourth-order valence-electron chi connectivity index (χ4n) is 6.44. The first-order chi connectivity index (χ1) is 19.7. The van der Waals surface area contributed by atoms with E-state index in [2.05, 4.69) is 20.8 Å². The van der Waals surface area contributed by atoms with Gasteiger partial charge in [0.25, 0.3) is 0 Å². The summed E-state index contributed by atoms with van der Waals surface area (Å²) in [5.74, 6) is 0.580. The van der Waals surface area contributed by atoms with E-state index in [1.54, 1.807) is 0 Å². The van der Waals surface area contributed by atoms with Crippen molar-refractivity contribution in [2.45, 2.75) is 212 Å². The van der Waals surface area contributed by atoms with Crippen molar-refractivity contribution in [2.24, 2.45) is 5.92 Å². The first kappa shape index (κ1) is 35.6. The largest absolute Gasteiger partial charge is 0.466 e. The number of carbonyl (C=O) groups excluding carboxylic acids is 1. The van der Waals surface area contributed by atoms with Gasteiger partial charge in [-0.15, -0.1) is 0 Å². The molecule has 236 valence electrons. The van der Waals surface area contributed by atoms with E-state index in [4.69, 9.17) is 14.2 Å². The number of hydrogen-bond acceptors (Lipinski definition) is 4. The van der Waals surface area contributed by atoms with Crippen molar-refractivity contribution in [3.63, 3.8) is 0 Å². The minimum absolute atomic E-state index is 0.000678. The van der Waals surface area contributed by atoms with Gasteiger partial charge in [-0.2, -0.15) is 0 Å². The van der Waals surface area contributed by atoms with Gasteiger partial charge in [0.1, 0.15) is 0 Å². The van der Waals surface area contributed by atoms with Gasteiger partial charge >= 0.3 is 5.97 Å². The Hall–Kier alpha value is -0.610. The molecule has 2 aliphatic rings. The maximum Gasteiger partial charge on any atom is 0.305 e. The molecular weight excluding hydrogens is 496 g/mol. The van der Waals surface area contributed by atoms with Gasteiger partial charge in [-0.1, -0.05) is 149 Å². The molecule has 4 atom stereocenters. The van der Waals surface area contributed by atoms with Crippen molar-refractivity contribution in [1.29, 1.82) is 0 Å². The average molecular weight is 565 g/mol. The molecule has 0 saturated carbocycles. The van der Waals surface area contributed by atoms with Crippen LogP contribution in [0.4, 0.5) is 0 Å². The Balaban J connectivity index is 1.58. The zero-order valence-corrected chi connectivity index (χ0v) is 27.1. The van der Waals surface area contributed by atoms with Crippen molar-refractivity contribution in [3.8, 4) is 0 Å². The maximum atomic E-state index is 12.1. The van der Waals surface area contributed by atoms with E-state index in [1.807, 2.05) is 0 Å². The second-order valence-corrected chi connectivity index (χ2v) is 13.0. The summed E-state index contributed by atoms with van der Waals surface area (Å²) < 4.78 is 18.0. The summed E-state index contributed by atoms with van der Waals surface area (Å²) in [6.07, 6.45) is 34.3. The first-order valence-corrected chi connectivity index (χ1v) is 18.2. The zero-order valence-electron chi connectivity index (χ0n) is 27.1. The summed E-state index contributed by atoms with van der Waals surface area (Å²) in [5.41, 5.74) is 0. The molecule has 2 saturated heterocycles. The summed E-state index contributed by atoms with van der Waals surface area (Å²) in [6.45, 7) is 7.42. The third-order valence-corrected chi connectivity index (χ3v) is 9.20. The highest BCUT2D eigenvalue weighted by Crippen LogP contribution is 2.45. The number of ether oxygens (including phenoxy) is 3. The van der Waals surface area contributed by atoms with Crippen LogP contribution in [-0.2, 0) is 19.0 Å². The lowest BCUT2D eigenvalue weighted by molar-refractivity contribution is -0.143. The van der Waals surface area contributed by atoms with Crippen molar-refractivity contribution in [1.82, 2.24) is 0 Å². The van der Waals surface area contributed by atoms with E-state index >= 15 is 0 Å². The molecule has 0 spiro atoms. The van der Waals surface area contributed by atoms with Crippen LogP contribution in [0.25, 0.3) is 0 Å².